The second-order valence-corrected chi connectivity index (χ2v) is 6.55. The maximum absolute atomic E-state index is 12.5. The summed E-state index contributed by atoms with van der Waals surface area (Å²) < 4.78 is 7.89. The zero-order chi connectivity index (χ0) is 17.2. The molecule has 1 amide bonds. The molecule has 7 heteroatoms. The highest BCUT2D eigenvalue weighted by Crippen LogP contribution is 2.31. The first-order valence-corrected chi connectivity index (χ1v) is 8.71. The topological polar surface area (TPSA) is 71.4 Å². The van der Waals surface area contributed by atoms with Crippen molar-refractivity contribution >= 4 is 11.6 Å². The molecular weight excluding hydrogens is 318 g/mol. The van der Waals surface area contributed by atoms with Gasteiger partial charge in [-0.15, -0.1) is 0 Å². The molecule has 0 radical (unpaired) electrons. The zero-order valence-corrected chi connectivity index (χ0v) is 14.4. The number of carbonyl (C=O) groups excluding carboxylic acids is 1. The third-order valence-corrected chi connectivity index (χ3v) is 4.67. The van der Waals surface area contributed by atoms with Gasteiger partial charge in [0, 0.05) is 20.1 Å². The van der Waals surface area contributed by atoms with E-state index in [1.54, 1.807) is 0 Å². The van der Waals surface area contributed by atoms with E-state index in [1.807, 2.05) is 40.9 Å². The molecule has 3 heterocycles. The number of ether oxygens (including phenoxy) is 1. The molecule has 1 atom stereocenters. The fourth-order valence-electron chi connectivity index (χ4n) is 3.35. The first-order chi connectivity index (χ1) is 12.2. The van der Waals surface area contributed by atoms with Gasteiger partial charge in [0.2, 0.25) is 0 Å². The van der Waals surface area contributed by atoms with Crippen molar-refractivity contribution < 1.29 is 9.53 Å². The number of likely N-dealkylation sites (N-methyl/N-ethyl adjacent to an activating group) is 1. The second kappa shape index (κ2) is 6.76. The molecule has 132 valence electrons. The Balaban J connectivity index is 1.38. The largest absolute Gasteiger partial charge is 0.477 e. The van der Waals surface area contributed by atoms with Crippen LogP contribution in [0.25, 0.3) is 0 Å². The summed E-state index contributed by atoms with van der Waals surface area (Å²) in [4.78, 5) is 14.6. The van der Waals surface area contributed by atoms with Crippen LogP contribution in [0.2, 0.25) is 0 Å². The van der Waals surface area contributed by atoms with Crippen molar-refractivity contribution in [1.82, 2.24) is 20.4 Å². The van der Waals surface area contributed by atoms with Crippen LogP contribution in [0.15, 0.2) is 30.3 Å². The number of amides is 1. The number of nitrogens with zero attached hydrogens (tertiary/aromatic N) is 3. The zero-order valence-electron chi connectivity index (χ0n) is 14.4. The first-order valence-electron chi connectivity index (χ1n) is 8.71. The summed E-state index contributed by atoms with van der Waals surface area (Å²) in [6.45, 7) is 3.72. The van der Waals surface area contributed by atoms with Crippen molar-refractivity contribution in [2.75, 3.05) is 25.0 Å². The van der Waals surface area contributed by atoms with Gasteiger partial charge in [-0.1, -0.05) is 12.1 Å². The van der Waals surface area contributed by atoms with E-state index in [0.717, 1.165) is 43.2 Å². The second-order valence-electron chi connectivity index (χ2n) is 6.55. The molecule has 0 unspecified atom stereocenters. The Morgan fingerprint density at radius 2 is 2.32 bits per heavy atom. The quantitative estimate of drug-likeness (QED) is 0.868. The molecule has 2 N–H and O–H groups in total. The molecule has 2 aliphatic heterocycles. The van der Waals surface area contributed by atoms with Crippen molar-refractivity contribution in [2.45, 2.75) is 32.2 Å². The summed E-state index contributed by atoms with van der Waals surface area (Å²) in [6.07, 6.45) is 0.560. The molecule has 25 heavy (non-hydrogen) atoms. The van der Waals surface area contributed by atoms with Crippen LogP contribution in [-0.2, 0) is 24.4 Å². The number of aromatic nitrogens is 2. The number of fused-ring (bicyclic) bond motifs is 2. The molecule has 2 aromatic rings. The summed E-state index contributed by atoms with van der Waals surface area (Å²) in [5.74, 6) is 0.638. The van der Waals surface area contributed by atoms with Gasteiger partial charge >= 0.3 is 0 Å². The van der Waals surface area contributed by atoms with Gasteiger partial charge in [-0.2, -0.15) is 5.10 Å². The molecule has 0 bridgehead atoms. The van der Waals surface area contributed by atoms with Crippen molar-refractivity contribution in [3.05, 3.63) is 41.7 Å². The number of para-hydroxylation sites is 2. The summed E-state index contributed by atoms with van der Waals surface area (Å²) in [7, 11) is 1.97. The maximum Gasteiger partial charge on any atom is 0.263 e. The standard InChI is InChI=1S/C18H23N5O2/c1-22-12-17(25-16-6-3-2-5-15(16)22)18(24)20-10-13-9-14-11-19-7-4-8-23(14)21-13/h2-3,5-6,9,17,19H,4,7-8,10-12H2,1H3,(H,20,24)/t17-/m1/s1. The van der Waals surface area contributed by atoms with Crippen molar-refractivity contribution in [3.8, 4) is 5.75 Å². The van der Waals surface area contributed by atoms with Crippen LogP contribution in [-0.4, -0.2) is 41.9 Å². The minimum Gasteiger partial charge on any atom is -0.477 e. The minimum atomic E-state index is -0.512. The molecule has 0 saturated carbocycles. The smallest absolute Gasteiger partial charge is 0.263 e. The summed E-state index contributed by atoms with van der Waals surface area (Å²) >= 11 is 0. The molecule has 2 aliphatic rings. The average molecular weight is 341 g/mol. The SMILES string of the molecule is CN1C[C@H](C(=O)NCc2cc3n(n2)CCCNC3)Oc2ccccc21. The molecular formula is C18H23N5O2. The van der Waals surface area contributed by atoms with E-state index in [0.29, 0.717) is 13.1 Å². The molecule has 0 spiro atoms. The predicted molar refractivity (Wildman–Crippen MR) is 94.5 cm³/mol. The average Bonchev–Trinajstić information content (AvgIpc) is 2.89. The van der Waals surface area contributed by atoms with Crippen molar-refractivity contribution in [1.29, 1.82) is 0 Å². The Labute approximate surface area is 147 Å². The molecule has 0 aliphatic carbocycles. The highest BCUT2D eigenvalue weighted by atomic mass is 16.5. The van der Waals surface area contributed by atoms with E-state index in [-0.39, 0.29) is 5.91 Å². The lowest BCUT2D eigenvalue weighted by Gasteiger charge is -2.32. The van der Waals surface area contributed by atoms with Crippen molar-refractivity contribution in [2.24, 2.45) is 0 Å². The monoisotopic (exact) mass is 341 g/mol. The number of nitrogens with one attached hydrogen (secondary N) is 2. The number of hydrogen-bond donors (Lipinski definition) is 2. The fraction of sp³-hybridized carbons (Fsp3) is 0.444. The van der Waals surface area contributed by atoms with Crippen LogP contribution in [0.1, 0.15) is 17.8 Å². The third-order valence-electron chi connectivity index (χ3n) is 4.67. The van der Waals surface area contributed by atoms with Gasteiger partial charge in [0.1, 0.15) is 5.75 Å². The Morgan fingerprint density at radius 3 is 3.24 bits per heavy atom. The van der Waals surface area contributed by atoms with Gasteiger partial charge in [0.15, 0.2) is 6.10 Å². The van der Waals surface area contributed by atoms with E-state index < -0.39 is 6.10 Å². The van der Waals surface area contributed by atoms with E-state index in [9.17, 15) is 4.79 Å². The first kappa shape index (κ1) is 16.0. The Kier molecular flexibility index (Phi) is 4.31. The van der Waals surface area contributed by atoms with Gasteiger partial charge in [-0.25, -0.2) is 0 Å². The van der Waals surface area contributed by atoms with E-state index in [4.69, 9.17) is 4.74 Å². The Morgan fingerprint density at radius 1 is 1.44 bits per heavy atom. The van der Waals surface area contributed by atoms with Crippen LogP contribution >= 0.6 is 0 Å². The molecule has 4 rings (SSSR count). The fourth-order valence-corrected chi connectivity index (χ4v) is 3.35. The lowest BCUT2D eigenvalue weighted by atomic mass is 10.2. The van der Waals surface area contributed by atoms with E-state index >= 15 is 0 Å². The van der Waals surface area contributed by atoms with Crippen molar-refractivity contribution in [3.63, 3.8) is 0 Å². The molecule has 0 fully saturated rings. The highest BCUT2D eigenvalue weighted by molar-refractivity contribution is 5.83. The summed E-state index contributed by atoms with van der Waals surface area (Å²) in [5, 5.41) is 10.9. The summed E-state index contributed by atoms with van der Waals surface area (Å²) in [5.41, 5.74) is 3.07. The normalized spacial score (nSPS) is 19.4. The van der Waals surface area contributed by atoms with Gasteiger partial charge < -0.3 is 20.3 Å². The van der Waals surface area contributed by atoms with Crippen LogP contribution in [0.5, 0.6) is 5.75 Å². The Hall–Kier alpha value is -2.54. The van der Waals surface area contributed by atoms with Crippen LogP contribution in [0.4, 0.5) is 5.69 Å². The molecule has 1 aromatic heterocycles. The highest BCUT2D eigenvalue weighted by Gasteiger charge is 2.28. The number of aryl methyl sites for hydroxylation is 1. The number of anilines is 1. The van der Waals surface area contributed by atoms with Gasteiger partial charge in [-0.05, 0) is 31.2 Å². The lowest BCUT2D eigenvalue weighted by molar-refractivity contribution is -0.128. The van der Waals surface area contributed by atoms with Gasteiger partial charge in [-0.3, -0.25) is 9.48 Å². The third kappa shape index (κ3) is 3.32. The van der Waals surface area contributed by atoms with Crippen LogP contribution < -0.4 is 20.3 Å². The van der Waals surface area contributed by atoms with Gasteiger partial charge in [0.25, 0.3) is 5.91 Å². The van der Waals surface area contributed by atoms with E-state index in [2.05, 4.69) is 21.8 Å². The molecule has 0 saturated heterocycles. The minimum absolute atomic E-state index is 0.109. The lowest BCUT2D eigenvalue weighted by Crippen LogP contribution is -2.47. The number of rotatable bonds is 3. The van der Waals surface area contributed by atoms with Crippen LogP contribution in [0, 0.1) is 0 Å². The number of hydrogen-bond acceptors (Lipinski definition) is 5. The Bertz CT molecular complexity index is 749. The number of carbonyl (C=O) groups is 1. The maximum atomic E-state index is 12.5. The number of benzene rings is 1. The summed E-state index contributed by atoms with van der Waals surface area (Å²) in [6, 6.07) is 9.83. The predicted octanol–water partition coefficient (Wildman–Crippen LogP) is 0.890. The molecule has 1 aromatic carbocycles. The van der Waals surface area contributed by atoms with E-state index in [1.165, 1.54) is 5.69 Å². The molecule has 7 nitrogen and oxygen atoms in total. The van der Waals surface area contributed by atoms with Crippen LogP contribution in [0.3, 0.4) is 0 Å². The van der Waals surface area contributed by atoms with Gasteiger partial charge in [0.05, 0.1) is 30.2 Å².